The van der Waals surface area contributed by atoms with E-state index in [0.29, 0.717) is 27.8 Å². The average Bonchev–Trinajstić information content (AvgIpc) is 3.26. The van der Waals surface area contributed by atoms with Gasteiger partial charge in [0, 0.05) is 16.7 Å². The molecule has 4 fully saturated rings. The van der Waals surface area contributed by atoms with Crippen LogP contribution in [0.2, 0.25) is 0 Å². The largest absolute Gasteiger partial charge is 0.416 e. The summed E-state index contributed by atoms with van der Waals surface area (Å²) >= 11 is 1.20. The molecule has 6 rings (SSSR count). The number of rotatable bonds is 3. The number of alkyl halides is 3. The second-order valence-corrected chi connectivity index (χ2v) is 9.11. The number of thiophene rings is 1. The van der Waals surface area contributed by atoms with Crippen LogP contribution in [0.4, 0.5) is 13.2 Å². The van der Waals surface area contributed by atoms with Gasteiger partial charge >= 0.3 is 6.18 Å². The molecule has 1 saturated carbocycles. The van der Waals surface area contributed by atoms with Gasteiger partial charge in [-0.25, -0.2) is 0 Å². The highest BCUT2D eigenvalue weighted by Gasteiger charge is 2.60. The Labute approximate surface area is 154 Å². The topological polar surface area (TPSA) is 20.3 Å². The SMILES string of the molecule is O=C(CC1C2CCN(CC2)C12CC2)c1cc2ccc(C(F)(F)F)cc2s1. The number of benzene rings is 1. The highest BCUT2D eigenvalue weighted by Crippen LogP contribution is 2.58. The van der Waals surface area contributed by atoms with Gasteiger partial charge in [-0.05, 0) is 74.2 Å². The molecule has 1 unspecified atom stereocenters. The third-order valence-corrected chi connectivity index (χ3v) is 7.86. The Balaban J connectivity index is 1.40. The molecule has 1 atom stereocenters. The van der Waals surface area contributed by atoms with E-state index >= 15 is 0 Å². The van der Waals surface area contributed by atoms with Crippen molar-refractivity contribution in [3.63, 3.8) is 0 Å². The first-order chi connectivity index (χ1) is 12.4. The monoisotopic (exact) mass is 379 g/mol. The van der Waals surface area contributed by atoms with Crippen LogP contribution in [-0.4, -0.2) is 29.3 Å². The molecule has 3 saturated heterocycles. The second kappa shape index (κ2) is 5.55. The Bertz CT molecular complexity index is 875. The zero-order valence-corrected chi connectivity index (χ0v) is 15.1. The van der Waals surface area contributed by atoms with Gasteiger partial charge in [-0.3, -0.25) is 9.69 Å². The molecule has 1 spiro atoms. The molecule has 1 aromatic carbocycles. The fraction of sp³-hybridized carbons (Fsp3) is 0.550. The van der Waals surface area contributed by atoms with E-state index in [-0.39, 0.29) is 11.3 Å². The Morgan fingerprint density at radius 2 is 1.92 bits per heavy atom. The first-order valence-electron chi connectivity index (χ1n) is 9.26. The summed E-state index contributed by atoms with van der Waals surface area (Å²) in [4.78, 5) is 16.1. The number of carbonyl (C=O) groups excluding carboxylic acids is 1. The van der Waals surface area contributed by atoms with Crippen molar-refractivity contribution < 1.29 is 18.0 Å². The minimum absolute atomic E-state index is 0.102. The Hall–Kier alpha value is -1.40. The summed E-state index contributed by atoms with van der Waals surface area (Å²) in [5.41, 5.74) is -0.392. The van der Waals surface area contributed by atoms with E-state index < -0.39 is 11.7 Å². The number of nitrogens with zero attached hydrogens (tertiary/aromatic N) is 1. The lowest BCUT2D eigenvalue weighted by Crippen LogP contribution is -2.57. The van der Waals surface area contributed by atoms with Gasteiger partial charge in [-0.2, -0.15) is 13.2 Å². The van der Waals surface area contributed by atoms with Crippen molar-refractivity contribution in [2.45, 2.75) is 43.8 Å². The fourth-order valence-corrected chi connectivity index (χ4v) is 6.29. The lowest BCUT2D eigenvalue weighted by Gasteiger charge is -2.52. The molecule has 0 amide bonds. The van der Waals surface area contributed by atoms with E-state index in [1.54, 1.807) is 6.07 Å². The number of piperidine rings is 3. The lowest BCUT2D eigenvalue weighted by atomic mass is 9.70. The molecule has 4 heterocycles. The lowest BCUT2D eigenvalue weighted by molar-refractivity contribution is -0.137. The van der Waals surface area contributed by atoms with Gasteiger partial charge in [0.25, 0.3) is 0 Å². The summed E-state index contributed by atoms with van der Waals surface area (Å²) in [6, 6.07) is 5.49. The van der Waals surface area contributed by atoms with Crippen LogP contribution in [0.3, 0.4) is 0 Å². The molecule has 4 aliphatic rings. The third-order valence-electron chi connectivity index (χ3n) is 6.72. The number of Topliss-reactive ketones (excluding diaryl/α,β-unsaturated/α-hetero) is 1. The van der Waals surface area contributed by atoms with Gasteiger partial charge in [-0.1, -0.05) is 6.07 Å². The Morgan fingerprint density at radius 1 is 1.19 bits per heavy atom. The number of hydrogen-bond donors (Lipinski definition) is 0. The van der Waals surface area contributed by atoms with Crippen molar-refractivity contribution in [1.82, 2.24) is 4.90 Å². The molecule has 138 valence electrons. The number of ketones is 1. The van der Waals surface area contributed by atoms with Crippen LogP contribution < -0.4 is 0 Å². The van der Waals surface area contributed by atoms with Crippen LogP contribution in [0.1, 0.15) is 47.3 Å². The molecule has 0 N–H and O–H groups in total. The molecule has 3 aliphatic heterocycles. The van der Waals surface area contributed by atoms with Crippen molar-refractivity contribution in [1.29, 1.82) is 0 Å². The standard InChI is InChI=1S/C20H20F3NOS/c21-20(22,23)14-2-1-13-9-18(26-17(13)10-14)16(25)11-15-12-3-7-24(8-4-12)19(15)5-6-19/h1-2,9-10,12,15H,3-8,11H2. The predicted octanol–water partition coefficient (Wildman–Crippen LogP) is 5.37. The smallest absolute Gasteiger partial charge is 0.297 e. The molecule has 1 aromatic heterocycles. The predicted molar refractivity (Wildman–Crippen MR) is 95.5 cm³/mol. The third kappa shape index (κ3) is 2.53. The summed E-state index contributed by atoms with van der Waals surface area (Å²) in [5.74, 6) is 1.16. The summed E-state index contributed by atoms with van der Waals surface area (Å²) < 4.78 is 39.2. The molecule has 0 radical (unpaired) electrons. The van der Waals surface area contributed by atoms with Gasteiger partial charge in [0.2, 0.25) is 0 Å². The molecule has 6 heteroatoms. The van der Waals surface area contributed by atoms with Crippen molar-refractivity contribution in [2.75, 3.05) is 13.1 Å². The number of carbonyl (C=O) groups is 1. The van der Waals surface area contributed by atoms with Crippen molar-refractivity contribution in [2.24, 2.45) is 11.8 Å². The fourth-order valence-electron chi connectivity index (χ4n) is 5.24. The molecule has 26 heavy (non-hydrogen) atoms. The molecular formula is C20H20F3NOS. The summed E-state index contributed by atoms with van der Waals surface area (Å²) in [7, 11) is 0. The van der Waals surface area contributed by atoms with E-state index in [4.69, 9.17) is 0 Å². The number of fused-ring (bicyclic) bond motifs is 3. The van der Waals surface area contributed by atoms with E-state index in [0.717, 1.165) is 17.5 Å². The van der Waals surface area contributed by atoms with Gasteiger partial charge in [0.05, 0.1) is 10.4 Å². The zero-order chi connectivity index (χ0) is 18.1. The maximum absolute atomic E-state index is 12.9. The minimum atomic E-state index is -4.35. The van der Waals surface area contributed by atoms with E-state index in [1.165, 1.54) is 56.2 Å². The van der Waals surface area contributed by atoms with Crippen LogP contribution in [0.15, 0.2) is 24.3 Å². The minimum Gasteiger partial charge on any atom is -0.297 e. The van der Waals surface area contributed by atoms with Crippen molar-refractivity contribution >= 4 is 27.2 Å². The zero-order valence-electron chi connectivity index (χ0n) is 14.3. The van der Waals surface area contributed by atoms with Gasteiger partial charge in [0.1, 0.15) is 0 Å². The Kier molecular flexibility index (Phi) is 3.58. The van der Waals surface area contributed by atoms with Crippen LogP contribution in [0.5, 0.6) is 0 Å². The molecule has 2 aromatic rings. The summed E-state index contributed by atoms with van der Waals surface area (Å²) in [5, 5.41) is 0.724. The van der Waals surface area contributed by atoms with Crippen LogP contribution in [0.25, 0.3) is 10.1 Å². The Morgan fingerprint density at radius 3 is 2.58 bits per heavy atom. The molecule has 2 bridgehead atoms. The maximum atomic E-state index is 12.9. The quantitative estimate of drug-likeness (QED) is 0.669. The normalized spacial score (nSPS) is 29.4. The van der Waals surface area contributed by atoms with Crippen LogP contribution >= 0.6 is 11.3 Å². The molecule has 1 aliphatic carbocycles. The highest BCUT2D eigenvalue weighted by molar-refractivity contribution is 7.20. The summed E-state index contributed by atoms with van der Waals surface area (Å²) in [6.07, 6.45) is 0.949. The van der Waals surface area contributed by atoms with Gasteiger partial charge in [-0.15, -0.1) is 11.3 Å². The summed E-state index contributed by atoms with van der Waals surface area (Å²) in [6.45, 7) is 2.33. The van der Waals surface area contributed by atoms with Gasteiger partial charge < -0.3 is 0 Å². The number of hydrogen-bond acceptors (Lipinski definition) is 3. The van der Waals surface area contributed by atoms with E-state index in [1.807, 2.05) is 0 Å². The number of halogens is 3. The first kappa shape index (κ1) is 16.8. The van der Waals surface area contributed by atoms with Crippen LogP contribution in [-0.2, 0) is 6.18 Å². The first-order valence-corrected chi connectivity index (χ1v) is 10.1. The maximum Gasteiger partial charge on any atom is 0.416 e. The van der Waals surface area contributed by atoms with Crippen molar-refractivity contribution in [3.05, 3.63) is 34.7 Å². The van der Waals surface area contributed by atoms with E-state index in [9.17, 15) is 18.0 Å². The highest BCUT2D eigenvalue weighted by atomic mass is 32.1. The van der Waals surface area contributed by atoms with Crippen LogP contribution in [0, 0.1) is 11.8 Å². The van der Waals surface area contributed by atoms with E-state index in [2.05, 4.69) is 4.90 Å². The molecule has 2 nitrogen and oxygen atoms in total. The average molecular weight is 379 g/mol. The second-order valence-electron chi connectivity index (χ2n) is 8.02. The van der Waals surface area contributed by atoms with Gasteiger partial charge in [0.15, 0.2) is 5.78 Å². The van der Waals surface area contributed by atoms with Crippen molar-refractivity contribution in [3.8, 4) is 0 Å². The molecular weight excluding hydrogens is 359 g/mol.